The Hall–Kier alpha value is -0.660. The van der Waals surface area contributed by atoms with Crippen molar-refractivity contribution in [3.8, 4) is 0 Å². The zero-order valence-corrected chi connectivity index (χ0v) is 14.4. The van der Waals surface area contributed by atoms with E-state index in [0.717, 1.165) is 18.5 Å². The molecule has 2 atom stereocenters. The highest BCUT2D eigenvalue weighted by molar-refractivity contribution is 7.89. The summed E-state index contributed by atoms with van der Waals surface area (Å²) in [7, 11) is -1.55. The predicted molar refractivity (Wildman–Crippen MR) is 85.7 cm³/mol. The van der Waals surface area contributed by atoms with Crippen LogP contribution in [-0.4, -0.2) is 63.1 Å². The van der Waals surface area contributed by atoms with Crippen molar-refractivity contribution >= 4 is 21.6 Å². The molecule has 2 aliphatic heterocycles. The fourth-order valence-corrected chi connectivity index (χ4v) is 5.21. The number of piperidine rings is 1. The highest BCUT2D eigenvalue weighted by Gasteiger charge is 2.40. The van der Waals surface area contributed by atoms with Gasteiger partial charge in [-0.3, -0.25) is 4.90 Å². The summed E-state index contributed by atoms with van der Waals surface area (Å²) in [5, 5.41) is 0.279. The number of ether oxygens (including phenoxy) is 1. The average Bonchev–Trinajstić information content (AvgIpc) is 2.49. The molecule has 0 saturated carbocycles. The van der Waals surface area contributed by atoms with Crippen LogP contribution in [0.3, 0.4) is 0 Å². The van der Waals surface area contributed by atoms with E-state index in [1.165, 1.54) is 0 Å². The molecule has 0 aromatic heterocycles. The van der Waals surface area contributed by atoms with Gasteiger partial charge in [-0.2, -0.15) is 4.31 Å². The van der Waals surface area contributed by atoms with Gasteiger partial charge in [0.25, 0.3) is 0 Å². The lowest BCUT2D eigenvalue weighted by molar-refractivity contribution is -0.0840. The first-order valence-corrected chi connectivity index (χ1v) is 9.29. The standard InChI is InChI=1S/C15H21ClN2O3S/c1-11-3-4-12(16)15(9-11)22(19,20)18-6-5-14-13(10-18)17(2)7-8-21-14/h3-4,9,13-14H,5-8,10H2,1-2H3/t13-,14-/m1/s1. The maximum atomic E-state index is 12.9. The van der Waals surface area contributed by atoms with Gasteiger partial charge in [0.2, 0.25) is 10.0 Å². The number of benzene rings is 1. The molecule has 2 aliphatic rings. The number of rotatable bonds is 2. The van der Waals surface area contributed by atoms with E-state index < -0.39 is 10.0 Å². The number of sulfonamides is 1. The largest absolute Gasteiger partial charge is 0.375 e. The van der Waals surface area contributed by atoms with Gasteiger partial charge in [0.15, 0.2) is 0 Å². The summed E-state index contributed by atoms with van der Waals surface area (Å²) in [5.41, 5.74) is 0.885. The third-order valence-corrected chi connectivity index (χ3v) is 6.88. The van der Waals surface area contributed by atoms with E-state index in [2.05, 4.69) is 4.90 Å². The number of hydrogen-bond donors (Lipinski definition) is 0. The van der Waals surface area contributed by atoms with E-state index in [1.807, 2.05) is 20.0 Å². The van der Waals surface area contributed by atoms with Gasteiger partial charge in [-0.25, -0.2) is 8.42 Å². The van der Waals surface area contributed by atoms with E-state index >= 15 is 0 Å². The summed E-state index contributed by atoms with van der Waals surface area (Å²) in [5.74, 6) is 0. The number of halogens is 1. The van der Waals surface area contributed by atoms with E-state index in [9.17, 15) is 8.42 Å². The second kappa shape index (κ2) is 6.09. The van der Waals surface area contributed by atoms with Crippen molar-refractivity contribution in [2.45, 2.75) is 30.4 Å². The van der Waals surface area contributed by atoms with Gasteiger partial charge in [0.1, 0.15) is 4.90 Å². The Morgan fingerprint density at radius 2 is 2.09 bits per heavy atom. The molecule has 1 aromatic rings. The summed E-state index contributed by atoms with van der Waals surface area (Å²) in [6.07, 6.45) is 0.843. The van der Waals surface area contributed by atoms with Crippen LogP contribution in [0.25, 0.3) is 0 Å². The maximum absolute atomic E-state index is 12.9. The minimum atomic E-state index is -3.57. The van der Waals surface area contributed by atoms with Gasteiger partial charge >= 0.3 is 0 Å². The normalized spacial score (nSPS) is 27.6. The molecule has 2 heterocycles. The molecule has 1 aromatic carbocycles. The summed E-state index contributed by atoms with van der Waals surface area (Å²) < 4.78 is 33.2. The average molecular weight is 345 g/mol. The lowest BCUT2D eigenvalue weighted by Gasteiger charge is -2.45. The third-order valence-electron chi connectivity index (χ3n) is 4.53. The first kappa shape index (κ1) is 16.2. The highest BCUT2D eigenvalue weighted by Crippen LogP contribution is 2.30. The molecule has 22 heavy (non-hydrogen) atoms. The Balaban J connectivity index is 1.88. The quantitative estimate of drug-likeness (QED) is 0.820. The van der Waals surface area contributed by atoms with Crippen LogP contribution in [0, 0.1) is 6.92 Å². The zero-order valence-electron chi connectivity index (χ0n) is 12.8. The van der Waals surface area contributed by atoms with Gasteiger partial charge < -0.3 is 4.74 Å². The van der Waals surface area contributed by atoms with Gasteiger partial charge in [-0.1, -0.05) is 17.7 Å². The van der Waals surface area contributed by atoms with Gasteiger partial charge in [0, 0.05) is 25.7 Å². The molecule has 0 aliphatic carbocycles. The van der Waals surface area contributed by atoms with Crippen LogP contribution in [0.4, 0.5) is 0 Å². The monoisotopic (exact) mass is 344 g/mol. The second-order valence-corrected chi connectivity index (χ2v) is 8.36. The number of likely N-dealkylation sites (N-methyl/N-ethyl adjacent to an activating group) is 1. The Kier molecular flexibility index (Phi) is 4.49. The maximum Gasteiger partial charge on any atom is 0.244 e. The van der Waals surface area contributed by atoms with Crippen LogP contribution >= 0.6 is 11.6 Å². The van der Waals surface area contributed by atoms with E-state index in [-0.39, 0.29) is 22.1 Å². The minimum Gasteiger partial charge on any atom is -0.375 e. The molecular weight excluding hydrogens is 324 g/mol. The van der Waals surface area contributed by atoms with Crippen molar-refractivity contribution < 1.29 is 13.2 Å². The molecular formula is C15H21ClN2O3S. The molecule has 5 nitrogen and oxygen atoms in total. The topological polar surface area (TPSA) is 49.9 Å². The highest BCUT2D eigenvalue weighted by atomic mass is 35.5. The van der Waals surface area contributed by atoms with Crippen molar-refractivity contribution in [1.82, 2.24) is 9.21 Å². The molecule has 2 fully saturated rings. The SMILES string of the molecule is Cc1ccc(Cl)c(S(=O)(=O)N2CC[C@H]3OCCN(C)[C@@H]3C2)c1. The van der Waals surface area contributed by atoms with Crippen LogP contribution in [0.5, 0.6) is 0 Å². The van der Waals surface area contributed by atoms with Crippen molar-refractivity contribution in [3.05, 3.63) is 28.8 Å². The van der Waals surface area contributed by atoms with Crippen LogP contribution in [0.15, 0.2) is 23.1 Å². The number of morpholine rings is 1. The van der Waals surface area contributed by atoms with Crippen molar-refractivity contribution in [3.63, 3.8) is 0 Å². The molecule has 3 rings (SSSR count). The Bertz CT molecular complexity index is 665. The second-order valence-electron chi connectivity index (χ2n) is 6.04. The fraction of sp³-hybridized carbons (Fsp3) is 0.600. The lowest BCUT2D eigenvalue weighted by atomic mass is 10.0. The molecule has 122 valence electrons. The molecule has 2 saturated heterocycles. The minimum absolute atomic E-state index is 0.112. The van der Waals surface area contributed by atoms with E-state index in [4.69, 9.17) is 16.3 Å². The third kappa shape index (κ3) is 2.90. The summed E-state index contributed by atoms with van der Waals surface area (Å²) in [6.45, 7) is 4.34. The van der Waals surface area contributed by atoms with Crippen molar-refractivity contribution in [1.29, 1.82) is 0 Å². The Morgan fingerprint density at radius 1 is 1.32 bits per heavy atom. The summed E-state index contributed by atoms with van der Waals surface area (Å²) in [6, 6.07) is 5.22. The number of hydrogen-bond acceptors (Lipinski definition) is 4. The van der Waals surface area contributed by atoms with Crippen LogP contribution in [0.1, 0.15) is 12.0 Å². The van der Waals surface area contributed by atoms with E-state index in [1.54, 1.807) is 16.4 Å². The van der Waals surface area contributed by atoms with E-state index in [0.29, 0.717) is 19.7 Å². The van der Waals surface area contributed by atoms with Crippen molar-refractivity contribution in [2.24, 2.45) is 0 Å². The fourth-order valence-electron chi connectivity index (χ4n) is 3.18. The summed E-state index contributed by atoms with van der Waals surface area (Å²) >= 11 is 6.13. The molecule has 0 N–H and O–H groups in total. The molecule has 7 heteroatoms. The van der Waals surface area contributed by atoms with Gasteiger partial charge in [-0.05, 0) is 38.1 Å². The molecule has 0 bridgehead atoms. The lowest BCUT2D eigenvalue weighted by Crippen LogP contribution is -2.59. The molecule has 0 radical (unpaired) electrons. The Labute approximate surface area is 136 Å². The van der Waals surface area contributed by atoms with Crippen LogP contribution < -0.4 is 0 Å². The predicted octanol–water partition coefficient (Wildman–Crippen LogP) is 1.74. The van der Waals surface area contributed by atoms with Crippen LogP contribution in [0.2, 0.25) is 5.02 Å². The molecule has 0 amide bonds. The van der Waals surface area contributed by atoms with Gasteiger partial charge in [0.05, 0.1) is 17.7 Å². The molecule has 0 spiro atoms. The first-order valence-electron chi connectivity index (χ1n) is 7.48. The number of fused-ring (bicyclic) bond motifs is 1. The number of aryl methyl sites for hydroxylation is 1. The smallest absolute Gasteiger partial charge is 0.244 e. The zero-order chi connectivity index (χ0) is 15.9. The van der Waals surface area contributed by atoms with Crippen LogP contribution in [-0.2, 0) is 14.8 Å². The number of nitrogens with zero attached hydrogens (tertiary/aromatic N) is 2. The Morgan fingerprint density at radius 3 is 2.86 bits per heavy atom. The summed E-state index contributed by atoms with van der Waals surface area (Å²) in [4.78, 5) is 2.39. The molecule has 0 unspecified atom stereocenters. The van der Waals surface area contributed by atoms with Crippen molar-refractivity contribution in [2.75, 3.05) is 33.3 Å². The first-order chi connectivity index (χ1) is 10.4. The van der Waals surface area contributed by atoms with Gasteiger partial charge in [-0.15, -0.1) is 0 Å².